The average molecular weight is 1770 g/mol. The van der Waals surface area contributed by atoms with Gasteiger partial charge in [0.05, 0.1) is 28.4 Å². The number of unbranched alkanes of at least 4 members (excludes halogenated alkanes) is 5. The SMILES string of the molecule is CCCCCCCCOc1ccc([I+]c2ccccc2)cc1.F[P-](F)(F)(F)(F)F.[F][Sb-]([F])([F])([F])([F])[F].[F][Sb-]([F])([F])([F])([F])[F].c1ccc(Sc2ccc([S+](c3ccccc3)c3ccccc3)cc2)cc1.c1ccc(Sc2ccc([S+](c3ccccc3)c3ccccc3)cc2)cc1. The zero-order valence-electron chi connectivity index (χ0n) is 50.1. The average Bonchev–Trinajstić information content (AvgIpc) is 0.796. The third-order valence-electron chi connectivity index (χ3n) is 11.5. The predicted molar refractivity (Wildman–Crippen MR) is 352 cm³/mol. The summed E-state index contributed by atoms with van der Waals surface area (Å²) >= 11 is -19.0. The van der Waals surface area contributed by atoms with Crippen molar-refractivity contribution in [2.45, 2.75) is 94.4 Å². The van der Waals surface area contributed by atoms with E-state index in [0.717, 1.165) is 12.4 Å². The Hall–Kier alpha value is -5.06. The van der Waals surface area contributed by atoms with Gasteiger partial charge >= 0.3 is 127 Å². The fourth-order valence-corrected chi connectivity index (χ4v) is 15.9. The van der Waals surface area contributed by atoms with Crippen LogP contribution < -0.4 is 25.9 Å². The Morgan fingerprint density at radius 3 is 0.832 bits per heavy atom. The van der Waals surface area contributed by atoms with Crippen LogP contribution in [0.2, 0.25) is 0 Å². The molecule has 0 radical (unpaired) electrons. The Bertz CT molecular complexity index is 3480. The summed E-state index contributed by atoms with van der Waals surface area (Å²) < 4.78 is 187. The van der Waals surface area contributed by atoms with Crippen molar-refractivity contribution in [1.29, 1.82) is 0 Å². The van der Waals surface area contributed by atoms with E-state index >= 15 is 0 Å². The van der Waals surface area contributed by atoms with Gasteiger partial charge in [0.2, 0.25) is 0 Å². The molecule has 0 spiro atoms. The summed E-state index contributed by atoms with van der Waals surface area (Å²) in [6, 6.07) is 102. The van der Waals surface area contributed by atoms with Crippen LogP contribution >= 0.6 is 31.3 Å². The molecule has 0 atom stereocenters. The first kappa shape index (κ1) is 80.6. The Kier molecular flexibility index (Phi) is 28.6. The van der Waals surface area contributed by atoms with Gasteiger partial charge in [-0.05, 0) is 164 Å². The molecule has 10 aromatic carbocycles. The van der Waals surface area contributed by atoms with Gasteiger partial charge in [-0.1, -0.05) is 190 Å². The summed E-state index contributed by atoms with van der Waals surface area (Å²) in [6.45, 7) is 3.10. The first-order valence-corrected chi connectivity index (χ1v) is 48.3. The van der Waals surface area contributed by atoms with Crippen LogP contribution in [0.25, 0.3) is 0 Å². The molecule has 0 saturated carbocycles. The van der Waals surface area contributed by atoms with E-state index in [1.807, 2.05) is 0 Å². The summed E-state index contributed by atoms with van der Waals surface area (Å²) in [5.74, 6) is 1.01. The molecule has 0 amide bonds. The minimum absolute atomic E-state index is 0.0655. The summed E-state index contributed by atoms with van der Waals surface area (Å²) in [4.78, 5) is 13.2. The molecule has 0 N–H and O–H groups in total. The molecule has 0 unspecified atom stereocenters. The van der Waals surface area contributed by atoms with Crippen LogP contribution in [0.3, 0.4) is 0 Å². The van der Waals surface area contributed by atoms with E-state index in [-0.39, 0.29) is 43.0 Å². The van der Waals surface area contributed by atoms with Gasteiger partial charge < -0.3 is 4.74 Å². The molecule has 27 heteroatoms. The van der Waals surface area contributed by atoms with E-state index in [4.69, 9.17) is 4.74 Å². The number of hydrogen-bond donors (Lipinski definition) is 0. The van der Waals surface area contributed by atoms with Gasteiger partial charge in [0.25, 0.3) is 0 Å². The van der Waals surface area contributed by atoms with Crippen molar-refractivity contribution in [3.05, 3.63) is 292 Å². The largest absolute Gasteiger partial charge is 0.166 e. The zero-order valence-corrected chi connectivity index (χ0v) is 61.6. The maximum atomic E-state index is 9.93. The summed E-state index contributed by atoms with van der Waals surface area (Å²) in [5.41, 5.74) is 0. The second-order valence-electron chi connectivity index (χ2n) is 20.0. The van der Waals surface area contributed by atoms with E-state index in [2.05, 4.69) is 292 Å². The summed E-state index contributed by atoms with van der Waals surface area (Å²) in [7, 11) is -10.8. The molecule has 10 aromatic rings. The van der Waals surface area contributed by atoms with E-state index in [1.165, 1.54) is 94.6 Å². The van der Waals surface area contributed by atoms with Gasteiger partial charge in [0.15, 0.2) is 36.5 Å². The first-order valence-electron chi connectivity index (χ1n) is 28.5. The van der Waals surface area contributed by atoms with Crippen LogP contribution in [-0.4, -0.2) is 45.6 Å². The second-order valence-corrected chi connectivity index (χ2v) is 42.2. The van der Waals surface area contributed by atoms with Gasteiger partial charge in [-0.25, -0.2) is 0 Å². The van der Waals surface area contributed by atoms with Gasteiger partial charge in [-0.3, -0.25) is 0 Å². The number of benzene rings is 10. The normalized spacial score (nSPS) is 13.5. The van der Waals surface area contributed by atoms with Crippen LogP contribution in [0.1, 0.15) is 45.4 Å². The molecule has 95 heavy (non-hydrogen) atoms. The topological polar surface area (TPSA) is 9.23 Å². The Morgan fingerprint density at radius 2 is 0.537 bits per heavy atom. The van der Waals surface area contributed by atoms with Crippen LogP contribution in [0, 0.1) is 7.14 Å². The number of hydrogen-bond acceptors (Lipinski definition) is 3. The molecule has 0 aromatic heterocycles. The van der Waals surface area contributed by atoms with Crippen LogP contribution in [0.4, 0.5) is 58.9 Å². The van der Waals surface area contributed by atoms with Gasteiger partial charge in [-0.2, -0.15) is 0 Å². The van der Waals surface area contributed by atoms with E-state index in [0.29, 0.717) is 0 Å². The molecule has 0 heterocycles. The van der Waals surface area contributed by atoms with Gasteiger partial charge in [-0.15, -0.1) is 0 Å². The fourth-order valence-electron chi connectivity index (χ4n) is 7.85. The molecule has 0 saturated heterocycles. The van der Waals surface area contributed by atoms with Crippen molar-refractivity contribution in [2.75, 3.05) is 6.61 Å². The number of rotatable bonds is 20. The van der Waals surface area contributed by atoms with E-state index in [1.54, 1.807) is 23.5 Å². The third-order valence-corrected chi connectivity index (χ3v) is 20.7. The summed E-state index contributed by atoms with van der Waals surface area (Å²) in [5, 5.41) is 0. The maximum absolute atomic E-state index is 11.2. The van der Waals surface area contributed by atoms with Crippen molar-refractivity contribution in [3.8, 4) is 5.75 Å². The van der Waals surface area contributed by atoms with Crippen molar-refractivity contribution >= 4 is 92.1 Å². The molecule has 1 nitrogen and oxygen atoms in total. The molecular formula is C68H64F18IOPS4Sb2. The molecule has 0 aliphatic rings. The molecule has 0 bridgehead atoms. The van der Waals surface area contributed by atoms with Gasteiger partial charge in [0.1, 0.15) is 5.75 Å². The van der Waals surface area contributed by atoms with Crippen LogP contribution in [0.15, 0.2) is 334 Å². The summed E-state index contributed by atoms with van der Waals surface area (Å²) in [6.07, 6.45) is 7.85. The Labute approximate surface area is 570 Å². The Morgan fingerprint density at radius 1 is 0.305 bits per heavy atom. The third kappa shape index (κ3) is 42.4. The number of ether oxygens (including phenoxy) is 1. The fraction of sp³-hybridized carbons (Fsp3) is 0.118. The minimum atomic E-state index is -11.2. The second kappa shape index (κ2) is 33.7. The molecule has 10 rings (SSSR count). The number of halogens is 19. The monoisotopic (exact) mass is 1770 g/mol. The standard InChI is InChI=1S/2C24H19S2.C20H26IO.F6P.12FH.2Sb/c2*1-4-10-20(11-5-1)25-21-16-18-24(19-17-21)26(22-12-6-2-7-13-22)23-14-8-3-9-15-23;1-2-3-4-5-6-10-17-22-20-15-13-19(14-16-20)21-18-11-8-7-9-12-18;1-7(2,3,4,5)6;;;;;;;;;;;;;;/h2*1-19H;7-9,11-16H,2-6,10,17H2,1H3;;12*1H;;/q3*+1;-1;;;;;;;;;;;;;2*+5/p-12. The van der Waals surface area contributed by atoms with Crippen molar-refractivity contribution in [3.63, 3.8) is 0 Å². The van der Waals surface area contributed by atoms with Crippen molar-refractivity contribution in [1.82, 2.24) is 0 Å². The molecule has 0 aliphatic carbocycles. The van der Waals surface area contributed by atoms with E-state index in [9.17, 15) is 58.9 Å². The molecule has 0 fully saturated rings. The van der Waals surface area contributed by atoms with Crippen LogP contribution in [0.5, 0.6) is 5.75 Å². The molecular weight excluding hydrogens is 1700 g/mol. The van der Waals surface area contributed by atoms with Gasteiger partial charge in [0, 0.05) is 19.6 Å². The Balaban J connectivity index is 0.000000224. The minimum Gasteiger partial charge on any atom is -0.0901 e. The molecule has 0 aliphatic heterocycles. The quantitative estimate of drug-likeness (QED) is 0.0188. The zero-order chi connectivity index (χ0) is 69.9. The first-order chi connectivity index (χ1) is 44.0. The molecule has 514 valence electrons. The smallest absolute Gasteiger partial charge is 0.0901 e. The maximum Gasteiger partial charge on any atom is 0.166 e. The predicted octanol–water partition coefficient (Wildman–Crippen LogP) is 24.1. The van der Waals surface area contributed by atoms with Crippen LogP contribution in [-0.2, 0) is 21.8 Å². The van der Waals surface area contributed by atoms with Crippen molar-refractivity contribution in [2.24, 2.45) is 0 Å². The van der Waals surface area contributed by atoms with E-state index < -0.39 is 46.8 Å². The van der Waals surface area contributed by atoms with Crippen molar-refractivity contribution < 1.29 is 84.9 Å².